The zero-order valence-corrected chi connectivity index (χ0v) is 12.5. The lowest BCUT2D eigenvalue weighted by atomic mass is 9.95. The summed E-state index contributed by atoms with van der Waals surface area (Å²) in [5, 5.41) is 42.5. The van der Waals surface area contributed by atoms with Crippen molar-refractivity contribution in [3.05, 3.63) is 57.6 Å². The maximum Gasteiger partial charge on any atom is 0.335 e. The van der Waals surface area contributed by atoms with Crippen molar-refractivity contribution in [2.45, 2.75) is 20.3 Å². The summed E-state index contributed by atoms with van der Waals surface area (Å²) in [6.45, 7) is 3.29. The Morgan fingerprint density at radius 3 is 1.48 bits per heavy atom. The smallest absolute Gasteiger partial charge is 0.335 e. The molecule has 0 fully saturated rings. The van der Waals surface area contributed by atoms with Crippen molar-refractivity contribution >= 4 is 11.9 Å². The minimum absolute atomic E-state index is 0.110. The van der Waals surface area contributed by atoms with Gasteiger partial charge in [0.1, 0.15) is 0 Å². The number of carboxylic acids is 2. The van der Waals surface area contributed by atoms with Crippen molar-refractivity contribution in [1.29, 1.82) is 0 Å². The van der Waals surface area contributed by atoms with E-state index in [-0.39, 0.29) is 28.7 Å². The van der Waals surface area contributed by atoms with Crippen LogP contribution in [-0.2, 0) is 6.42 Å². The monoisotopic (exact) mass is 314 g/mol. The topological polar surface area (TPSA) is 121 Å². The standard InChI is InChI=1S/C17H16O6/c1-8-3-10(14(18)12(5-8)16(20)21)7-11-4-9(2)6-13(15(11)19)17(22)23/h3-6,18-19H,7H2,1-2H3,(H,20,21)(H,22,23)/p-2. The van der Waals surface area contributed by atoms with E-state index >= 15 is 0 Å². The highest BCUT2D eigenvalue weighted by molar-refractivity contribution is 5.92. The van der Waals surface area contributed by atoms with E-state index in [9.17, 15) is 19.8 Å². The number of rotatable bonds is 4. The van der Waals surface area contributed by atoms with Crippen molar-refractivity contribution in [2.75, 3.05) is 0 Å². The van der Waals surface area contributed by atoms with Crippen molar-refractivity contribution in [3.63, 3.8) is 0 Å². The fraction of sp³-hybridized carbons (Fsp3) is 0.176. The molecule has 0 unspecified atom stereocenters. The second kappa shape index (κ2) is 6.00. The van der Waals surface area contributed by atoms with Gasteiger partial charge < -0.3 is 20.4 Å². The molecule has 6 nitrogen and oxygen atoms in total. The van der Waals surface area contributed by atoms with Crippen LogP contribution in [0.5, 0.6) is 11.5 Å². The van der Waals surface area contributed by atoms with E-state index in [1.807, 2.05) is 0 Å². The van der Waals surface area contributed by atoms with Crippen molar-refractivity contribution in [1.82, 2.24) is 0 Å². The summed E-state index contributed by atoms with van der Waals surface area (Å²) in [6.07, 6.45) is -0.110. The Labute approximate surface area is 132 Å². The first-order valence-electron chi connectivity index (χ1n) is 6.78. The van der Waals surface area contributed by atoms with Gasteiger partial charge in [0.15, 0.2) is 0 Å². The summed E-state index contributed by atoms with van der Waals surface area (Å²) in [5.74, 6) is -4.00. The van der Waals surface area contributed by atoms with Gasteiger partial charge in [-0.1, -0.05) is 45.9 Å². The maximum atomic E-state index is 12.2. The van der Waals surface area contributed by atoms with Gasteiger partial charge in [0.2, 0.25) is 0 Å². The molecular formula is C17H14O6-2. The van der Waals surface area contributed by atoms with Crippen LogP contribution in [-0.4, -0.2) is 22.2 Å². The molecule has 6 heteroatoms. The van der Waals surface area contributed by atoms with Crippen molar-refractivity contribution in [3.8, 4) is 11.5 Å². The molecule has 120 valence electrons. The molecule has 2 aromatic carbocycles. The van der Waals surface area contributed by atoms with Gasteiger partial charge in [-0.2, -0.15) is 0 Å². The van der Waals surface area contributed by atoms with Crippen LogP contribution in [0, 0.1) is 13.8 Å². The highest BCUT2D eigenvalue weighted by Gasteiger charge is 2.12. The third-order valence-electron chi connectivity index (χ3n) is 3.46. The van der Waals surface area contributed by atoms with Crippen LogP contribution >= 0.6 is 0 Å². The molecule has 0 saturated heterocycles. The summed E-state index contributed by atoms with van der Waals surface area (Å²) in [5.41, 5.74) is 0.742. The Hall–Kier alpha value is -3.02. The van der Waals surface area contributed by atoms with Gasteiger partial charge in [0, 0.05) is 0 Å². The van der Waals surface area contributed by atoms with E-state index < -0.39 is 23.4 Å². The quantitative estimate of drug-likeness (QED) is 0.880. The Morgan fingerprint density at radius 1 is 0.826 bits per heavy atom. The molecule has 23 heavy (non-hydrogen) atoms. The van der Waals surface area contributed by atoms with E-state index in [1.165, 1.54) is 24.3 Å². The molecule has 2 rings (SSSR count). The van der Waals surface area contributed by atoms with E-state index in [1.54, 1.807) is 13.8 Å². The minimum Gasteiger partial charge on any atom is -0.872 e. The molecule has 0 radical (unpaired) electrons. The van der Waals surface area contributed by atoms with Crippen LogP contribution in [0.4, 0.5) is 0 Å². The van der Waals surface area contributed by atoms with Crippen LogP contribution in [0.1, 0.15) is 43.0 Å². The fourth-order valence-electron chi connectivity index (χ4n) is 2.48. The Balaban J connectivity index is 2.56. The normalized spacial score (nSPS) is 10.5. The molecule has 0 saturated carbocycles. The number of hydrogen-bond acceptors (Lipinski definition) is 4. The average molecular weight is 314 g/mol. The molecule has 0 amide bonds. The SMILES string of the molecule is Cc1cc(Cc2cc(C)cc(C(=O)O)c2[O-])c([O-])c(C(=O)O)c1. The van der Waals surface area contributed by atoms with E-state index in [4.69, 9.17) is 10.2 Å². The summed E-state index contributed by atoms with van der Waals surface area (Å²) >= 11 is 0. The molecule has 0 aliphatic carbocycles. The lowest BCUT2D eigenvalue weighted by Crippen LogP contribution is -2.11. The third kappa shape index (κ3) is 3.26. The molecule has 2 N–H and O–H groups in total. The van der Waals surface area contributed by atoms with Crippen LogP contribution in [0.2, 0.25) is 0 Å². The van der Waals surface area contributed by atoms with E-state index in [2.05, 4.69) is 0 Å². The van der Waals surface area contributed by atoms with Crippen LogP contribution < -0.4 is 10.2 Å². The van der Waals surface area contributed by atoms with E-state index in [0.717, 1.165) is 0 Å². The number of aromatic carboxylic acids is 2. The number of carboxylic acid groups (broad SMARTS) is 2. The zero-order valence-electron chi connectivity index (χ0n) is 12.5. The van der Waals surface area contributed by atoms with Gasteiger partial charge in [0.25, 0.3) is 0 Å². The molecule has 0 atom stereocenters. The third-order valence-corrected chi connectivity index (χ3v) is 3.46. The summed E-state index contributed by atoms with van der Waals surface area (Å²) in [6, 6.07) is 5.56. The lowest BCUT2D eigenvalue weighted by molar-refractivity contribution is -0.270. The van der Waals surface area contributed by atoms with E-state index in [0.29, 0.717) is 11.1 Å². The second-order valence-electron chi connectivity index (χ2n) is 5.39. The van der Waals surface area contributed by atoms with Gasteiger partial charge in [-0.15, -0.1) is 0 Å². The van der Waals surface area contributed by atoms with Crippen molar-refractivity contribution < 1.29 is 30.0 Å². The Kier molecular flexibility index (Phi) is 4.27. The fourth-order valence-corrected chi connectivity index (χ4v) is 2.48. The second-order valence-corrected chi connectivity index (χ2v) is 5.39. The summed E-state index contributed by atoms with van der Waals surface area (Å²) < 4.78 is 0. The Morgan fingerprint density at radius 2 is 1.17 bits per heavy atom. The molecule has 0 aliphatic rings. The minimum atomic E-state index is -1.34. The summed E-state index contributed by atoms with van der Waals surface area (Å²) in [4.78, 5) is 22.2. The first kappa shape index (κ1) is 16.4. The molecular weight excluding hydrogens is 300 g/mol. The Bertz CT molecular complexity index is 740. The largest absolute Gasteiger partial charge is 0.872 e. The molecule has 0 heterocycles. The molecule has 0 spiro atoms. The lowest BCUT2D eigenvalue weighted by Gasteiger charge is -2.22. The number of aryl methyl sites for hydroxylation is 2. The van der Waals surface area contributed by atoms with Crippen LogP contribution in [0.3, 0.4) is 0 Å². The van der Waals surface area contributed by atoms with Crippen LogP contribution in [0.25, 0.3) is 0 Å². The zero-order chi connectivity index (χ0) is 17.3. The first-order valence-corrected chi connectivity index (χ1v) is 6.78. The predicted molar refractivity (Wildman–Crippen MR) is 78.0 cm³/mol. The van der Waals surface area contributed by atoms with Gasteiger partial charge in [-0.3, -0.25) is 0 Å². The van der Waals surface area contributed by atoms with Crippen LogP contribution in [0.15, 0.2) is 24.3 Å². The maximum absolute atomic E-state index is 12.2. The highest BCUT2D eigenvalue weighted by Crippen LogP contribution is 2.29. The van der Waals surface area contributed by atoms with Gasteiger partial charge in [0.05, 0.1) is 11.1 Å². The molecule has 0 bridgehead atoms. The van der Waals surface area contributed by atoms with Gasteiger partial charge in [-0.25, -0.2) is 9.59 Å². The summed E-state index contributed by atoms with van der Waals surface area (Å²) in [7, 11) is 0. The molecule has 2 aromatic rings. The number of benzene rings is 2. The molecule has 0 aromatic heterocycles. The molecule has 0 aliphatic heterocycles. The van der Waals surface area contributed by atoms with Gasteiger partial charge in [-0.05, 0) is 32.4 Å². The number of carbonyl (C=O) groups is 2. The average Bonchev–Trinajstić information content (AvgIpc) is 2.45. The van der Waals surface area contributed by atoms with Gasteiger partial charge >= 0.3 is 11.9 Å². The predicted octanol–water partition coefficient (Wildman–Crippen LogP) is 1.44. The highest BCUT2D eigenvalue weighted by atomic mass is 16.4. The first-order chi connectivity index (χ1) is 10.7. The number of hydrogen-bond donors (Lipinski definition) is 2. The van der Waals surface area contributed by atoms with Crippen molar-refractivity contribution in [2.24, 2.45) is 0 Å².